The van der Waals surface area contributed by atoms with Crippen LogP contribution in [0.1, 0.15) is 6.92 Å². The van der Waals surface area contributed by atoms with Crippen molar-refractivity contribution >= 4 is 28.2 Å². The number of fused-ring (bicyclic) bond motifs is 3. The number of hydrogen-bond donors (Lipinski definition) is 3. The molecule has 0 amide bonds. The molecule has 1 aliphatic carbocycles. The number of benzene rings is 2. The van der Waals surface area contributed by atoms with Crippen LogP contribution in [0.5, 0.6) is 11.5 Å². The summed E-state index contributed by atoms with van der Waals surface area (Å²) in [4.78, 5) is 10.7. The Morgan fingerprint density at radius 1 is 0.943 bits per heavy atom. The monoisotopic (exact) mass is 485 g/mol. The minimum Gasteiger partial charge on any atom is -0.493 e. The standard InChI is InChI=1S/C25H28FN3O6/c1-16(30)34-10-8-32-6-7-33-9-11-35-23-13-17-12-21-24(20(17)15-22(23)31-2)28-29-25(21)27-19-5-3-4-18(26)14-19/h3-5,12-15,27-29H,6-11H2,1-2H3. The third kappa shape index (κ3) is 6.23. The van der Waals surface area contributed by atoms with Gasteiger partial charge in [-0.2, -0.15) is 0 Å². The van der Waals surface area contributed by atoms with E-state index in [-0.39, 0.29) is 18.4 Å². The first kappa shape index (κ1) is 24.4. The number of nitrogens with one attached hydrogen (secondary N) is 3. The molecule has 2 aromatic rings. The molecule has 0 unspecified atom stereocenters. The van der Waals surface area contributed by atoms with E-state index in [2.05, 4.69) is 15.5 Å². The van der Waals surface area contributed by atoms with E-state index >= 15 is 0 Å². The number of aromatic nitrogens is 2. The predicted octanol–water partition coefficient (Wildman–Crippen LogP) is 4.47. The van der Waals surface area contributed by atoms with Crippen LogP contribution in [0.4, 0.5) is 15.9 Å². The number of rotatable bonds is 13. The fourth-order valence-electron chi connectivity index (χ4n) is 3.67. The number of carbonyl (C=O) groups is 1. The molecule has 1 heterocycles. The number of hydrogen-bond acceptors (Lipinski definition) is 7. The van der Waals surface area contributed by atoms with Gasteiger partial charge in [-0.05, 0) is 41.8 Å². The summed E-state index contributed by atoms with van der Waals surface area (Å²) in [7, 11) is 1.59. The minimum absolute atomic E-state index is 0.234. The van der Waals surface area contributed by atoms with Crippen molar-refractivity contribution in [1.82, 2.24) is 10.2 Å². The topological polar surface area (TPSA) is 107 Å². The molecule has 3 N–H and O–H groups in total. The van der Waals surface area contributed by atoms with Crippen LogP contribution in [0.3, 0.4) is 0 Å². The fourth-order valence-corrected chi connectivity index (χ4v) is 3.67. The van der Waals surface area contributed by atoms with Gasteiger partial charge < -0.3 is 29.0 Å². The summed E-state index contributed by atoms with van der Waals surface area (Å²) in [6, 6.07) is 12.1. The minimum atomic E-state index is -0.325. The Balaban J connectivity index is 1.33. The Labute approximate surface area is 201 Å². The first-order chi connectivity index (χ1) is 17.0. The van der Waals surface area contributed by atoms with E-state index in [9.17, 15) is 9.18 Å². The second-order valence-electron chi connectivity index (χ2n) is 7.70. The lowest BCUT2D eigenvalue weighted by Gasteiger charge is -2.11. The fraction of sp³-hybridized carbons (Fsp3) is 0.320. The summed E-state index contributed by atoms with van der Waals surface area (Å²) in [5.74, 6) is 1.31. The van der Waals surface area contributed by atoms with Crippen molar-refractivity contribution in [2.75, 3.05) is 52.1 Å². The predicted molar refractivity (Wildman–Crippen MR) is 129 cm³/mol. The third-order valence-corrected chi connectivity index (χ3v) is 5.24. The average Bonchev–Trinajstić information content (AvgIpc) is 3.38. The van der Waals surface area contributed by atoms with Gasteiger partial charge in [-0.15, -0.1) is 0 Å². The molecule has 0 spiro atoms. The van der Waals surface area contributed by atoms with Crippen molar-refractivity contribution in [3.63, 3.8) is 0 Å². The zero-order valence-corrected chi connectivity index (χ0v) is 19.6. The van der Waals surface area contributed by atoms with Gasteiger partial charge in [0.25, 0.3) is 0 Å². The van der Waals surface area contributed by atoms with Crippen LogP contribution in [-0.2, 0) is 19.0 Å². The average molecular weight is 486 g/mol. The number of anilines is 2. The molecule has 0 aromatic heterocycles. The highest BCUT2D eigenvalue weighted by Crippen LogP contribution is 2.42. The Morgan fingerprint density at radius 3 is 2.46 bits per heavy atom. The molecule has 0 radical (unpaired) electrons. The van der Waals surface area contributed by atoms with Crippen LogP contribution < -0.4 is 14.8 Å². The zero-order valence-electron chi connectivity index (χ0n) is 19.6. The van der Waals surface area contributed by atoms with E-state index in [0.717, 1.165) is 27.8 Å². The Morgan fingerprint density at radius 2 is 1.71 bits per heavy atom. The van der Waals surface area contributed by atoms with Gasteiger partial charge in [0, 0.05) is 23.6 Å². The third-order valence-electron chi connectivity index (χ3n) is 5.24. The number of ether oxygens (including phenoxy) is 5. The normalized spacial score (nSPS) is 11.2. The maximum absolute atomic E-state index is 13.5. The molecule has 186 valence electrons. The number of carbonyl (C=O) groups excluding carboxylic acids is 1. The van der Waals surface area contributed by atoms with E-state index in [1.807, 2.05) is 18.2 Å². The van der Waals surface area contributed by atoms with Gasteiger partial charge in [-0.25, -0.2) is 4.39 Å². The number of methoxy groups -OCH3 is 1. The van der Waals surface area contributed by atoms with Crippen molar-refractivity contribution in [2.24, 2.45) is 0 Å². The maximum atomic E-state index is 13.5. The molecule has 0 fully saturated rings. The first-order valence-corrected chi connectivity index (χ1v) is 11.2. The van der Waals surface area contributed by atoms with Crippen molar-refractivity contribution in [3.8, 4) is 22.8 Å². The molecule has 9 nitrogen and oxygen atoms in total. The first-order valence-electron chi connectivity index (χ1n) is 11.2. The molecule has 0 saturated carbocycles. The van der Waals surface area contributed by atoms with Crippen LogP contribution in [0.25, 0.3) is 22.0 Å². The van der Waals surface area contributed by atoms with Gasteiger partial charge >= 0.3 is 5.97 Å². The summed E-state index contributed by atoms with van der Waals surface area (Å²) in [6.45, 7) is 3.46. The molecule has 2 aliphatic rings. The van der Waals surface area contributed by atoms with Crippen LogP contribution in [-0.4, -0.2) is 62.9 Å². The van der Waals surface area contributed by atoms with Gasteiger partial charge in [0.05, 0.1) is 39.2 Å². The summed E-state index contributed by atoms with van der Waals surface area (Å²) in [5.41, 5.74) is 2.48. The molecule has 4 rings (SSSR count). The lowest BCUT2D eigenvalue weighted by atomic mass is 10.2. The van der Waals surface area contributed by atoms with Crippen molar-refractivity contribution in [2.45, 2.75) is 6.92 Å². The summed E-state index contributed by atoms with van der Waals surface area (Å²) in [5, 5.41) is 11.4. The van der Waals surface area contributed by atoms with E-state index < -0.39 is 0 Å². The van der Waals surface area contributed by atoms with Gasteiger partial charge in [0.2, 0.25) is 0 Å². The lowest BCUT2D eigenvalue weighted by molar-refractivity contribution is -0.142. The maximum Gasteiger partial charge on any atom is 0.302 e. The summed E-state index contributed by atoms with van der Waals surface area (Å²) in [6.07, 6.45) is 0. The molecule has 35 heavy (non-hydrogen) atoms. The van der Waals surface area contributed by atoms with Crippen molar-refractivity contribution < 1.29 is 32.9 Å². The highest BCUT2D eigenvalue weighted by molar-refractivity contribution is 6.05. The highest BCUT2D eigenvalue weighted by Gasteiger charge is 2.19. The summed E-state index contributed by atoms with van der Waals surface area (Å²) < 4.78 is 40.6. The quantitative estimate of drug-likeness (QED) is 0.190. The zero-order chi connectivity index (χ0) is 24.6. The molecule has 0 atom stereocenters. The molecule has 1 aliphatic heterocycles. The van der Waals surface area contributed by atoms with Crippen LogP contribution >= 0.6 is 0 Å². The SMILES string of the molecule is COc1cc2c3[nH][nH]c(Nc4cccc(F)c4)c-3cc2cc1OCCOCCOCCOC(C)=O. The molecular formula is C25H28FN3O6. The van der Waals surface area contributed by atoms with Gasteiger partial charge in [0.15, 0.2) is 11.5 Å². The lowest BCUT2D eigenvalue weighted by Crippen LogP contribution is -2.13. The number of aromatic amines is 2. The number of H-pyrrole nitrogens is 2. The Kier molecular flexibility index (Phi) is 8.07. The van der Waals surface area contributed by atoms with E-state index in [1.165, 1.54) is 19.1 Å². The second kappa shape index (κ2) is 11.6. The van der Waals surface area contributed by atoms with Gasteiger partial charge in [0.1, 0.15) is 24.8 Å². The Hall–Kier alpha value is -3.76. The molecule has 0 saturated heterocycles. The smallest absolute Gasteiger partial charge is 0.302 e. The molecule has 10 heteroatoms. The number of esters is 1. The van der Waals surface area contributed by atoms with Gasteiger partial charge in [-0.1, -0.05) is 6.07 Å². The second-order valence-corrected chi connectivity index (χ2v) is 7.70. The van der Waals surface area contributed by atoms with E-state index in [4.69, 9.17) is 23.7 Å². The van der Waals surface area contributed by atoms with Crippen molar-refractivity contribution in [1.29, 1.82) is 0 Å². The van der Waals surface area contributed by atoms with E-state index in [1.54, 1.807) is 19.2 Å². The van der Waals surface area contributed by atoms with Crippen LogP contribution in [0.2, 0.25) is 0 Å². The Bertz CT molecular complexity index is 1240. The largest absolute Gasteiger partial charge is 0.493 e. The van der Waals surface area contributed by atoms with E-state index in [0.29, 0.717) is 50.2 Å². The summed E-state index contributed by atoms with van der Waals surface area (Å²) >= 11 is 0. The number of halogens is 1. The van der Waals surface area contributed by atoms with Crippen LogP contribution in [0.15, 0.2) is 42.5 Å². The molecular weight excluding hydrogens is 457 g/mol. The molecule has 2 aromatic carbocycles. The van der Waals surface area contributed by atoms with Crippen LogP contribution in [0, 0.1) is 5.82 Å². The van der Waals surface area contributed by atoms with Crippen molar-refractivity contribution in [3.05, 3.63) is 48.3 Å². The molecule has 0 bridgehead atoms. The highest BCUT2D eigenvalue weighted by atomic mass is 19.1. The van der Waals surface area contributed by atoms with Gasteiger partial charge in [-0.3, -0.25) is 15.0 Å².